The summed E-state index contributed by atoms with van der Waals surface area (Å²) in [5, 5.41) is 12.3. The molecule has 0 aromatic heterocycles. The Kier molecular flexibility index (Phi) is 3.85. The summed E-state index contributed by atoms with van der Waals surface area (Å²) in [5.74, 6) is -2.18. The molecule has 110 valence electrons. The maximum atomic E-state index is 12.6. The van der Waals surface area contributed by atoms with Crippen LogP contribution >= 0.6 is 15.9 Å². The van der Waals surface area contributed by atoms with Crippen LogP contribution in [0, 0.1) is 23.7 Å². The third-order valence-electron chi connectivity index (χ3n) is 4.47. The van der Waals surface area contributed by atoms with Gasteiger partial charge in [-0.05, 0) is 52.7 Å². The van der Waals surface area contributed by atoms with Crippen LogP contribution in [0.4, 0.5) is 5.69 Å². The summed E-state index contributed by atoms with van der Waals surface area (Å²) in [6.07, 6.45) is 5.73. The Bertz CT molecular complexity index is 613. The zero-order valence-electron chi connectivity index (χ0n) is 11.3. The molecule has 0 aliphatic heterocycles. The minimum Gasteiger partial charge on any atom is -0.481 e. The number of halogens is 1. The molecule has 2 N–H and O–H groups in total. The molecule has 0 radical (unpaired) electrons. The van der Waals surface area contributed by atoms with Crippen LogP contribution in [-0.4, -0.2) is 17.0 Å². The van der Waals surface area contributed by atoms with Crippen LogP contribution in [0.5, 0.6) is 0 Å². The Morgan fingerprint density at radius 3 is 2.29 bits per heavy atom. The predicted octanol–water partition coefficient (Wildman–Crippen LogP) is 3.30. The highest BCUT2D eigenvalue weighted by atomic mass is 79.9. The second-order valence-electron chi connectivity index (χ2n) is 5.65. The van der Waals surface area contributed by atoms with E-state index < -0.39 is 17.8 Å². The van der Waals surface area contributed by atoms with E-state index in [1.807, 2.05) is 30.4 Å². The lowest BCUT2D eigenvalue weighted by Gasteiger charge is -2.41. The van der Waals surface area contributed by atoms with Gasteiger partial charge in [0.2, 0.25) is 5.91 Å². The molecule has 2 bridgehead atoms. The molecule has 1 aromatic rings. The highest BCUT2D eigenvalue weighted by molar-refractivity contribution is 9.10. The van der Waals surface area contributed by atoms with E-state index in [1.54, 1.807) is 6.07 Å². The molecule has 0 saturated heterocycles. The Balaban J connectivity index is 1.85. The van der Waals surface area contributed by atoms with Crippen molar-refractivity contribution < 1.29 is 14.7 Å². The van der Waals surface area contributed by atoms with Crippen molar-refractivity contribution in [3.05, 3.63) is 40.9 Å². The van der Waals surface area contributed by atoms with Crippen LogP contribution in [-0.2, 0) is 9.59 Å². The number of anilines is 1. The van der Waals surface area contributed by atoms with Gasteiger partial charge in [-0.25, -0.2) is 0 Å². The Labute approximate surface area is 131 Å². The maximum absolute atomic E-state index is 12.6. The standard InChI is InChI=1S/C16H16BrNO3/c17-11-3-1-2-4-12(11)18-15(19)13-9-5-7-10(8-6-9)14(13)16(20)21/h1-5,7,9-10,13-14H,6,8H2,(H,18,19)(H,20,21)/t9-,10-,13+,14-/m0/s1. The normalized spacial score (nSPS) is 30.1. The van der Waals surface area contributed by atoms with Crippen molar-refractivity contribution in [1.82, 2.24) is 0 Å². The minimum absolute atomic E-state index is 0.0255. The largest absolute Gasteiger partial charge is 0.481 e. The van der Waals surface area contributed by atoms with Crippen molar-refractivity contribution >= 4 is 33.5 Å². The van der Waals surface area contributed by atoms with E-state index in [0.29, 0.717) is 5.69 Å². The molecule has 0 unspecified atom stereocenters. The van der Waals surface area contributed by atoms with E-state index in [-0.39, 0.29) is 17.7 Å². The first-order valence-electron chi connectivity index (χ1n) is 7.04. The van der Waals surface area contributed by atoms with Crippen LogP contribution in [0.2, 0.25) is 0 Å². The number of carbonyl (C=O) groups excluding carboxylic acids is 1. The molecule has 4 nitrogen and oxygen atoms in total. The molecule has 0 spiro atoms. The van der Waals surface area contributed by atoms with Crippen molar-refractivity contribution in [3.63, 3.8) is 0 Å². The average molecular weight is 350 g/mol. The van der Waals surface area contributed by atoms with Gasteiger partial charge in [-0.3, -0.25) is 9.59 Å². The van der Waals surface area contributed by atoms with E-state index >= 15 is 0 Å². The van der Waals surface area contributed by atoms with E-state index in [4.69, 9.17) is 0 Å². The molecule has 1 saturated carbocycles. The van der Waals surface area contributed by atoms with Gasteiger partial charge in [-0.15, -0.1) is 0 Å². The Hall–Kier alpha value is -1.62. The number of benzene rings is 1. The number of amides is 1. The lowest BCUT2D eigenvalue weighted by molar-refractivity contribution is -0.151. The van der Waals surface area contributed by atoms with Gasteiger partial charge in [0.15, 0.2) is 0 Å². The summed E-state index contributed by atoms with van der Waals surface area (Å²) in [6.45, 7) is 0. The molecule has 1 aromatic carbocycles. The number of nitrogens with one attached hydrogen (secondary N) is 1. The number of aliphatic carboxylic acids is 1. The molecular weight excluding hydrogens is 334 g/mol. The minimum atomic E-state index is -0.874. The summed E-state index contributed by atoms with van der Waals surface area (Å²) in [5.41, 5.74) is 0.678. The van der Waals surface area contributed by atoms with Crippen LogP contribution in [0.25, 0.3) is 0 Å². The van der Waals surface area contributed by atoms with Gasteiger partial charge in [-0.1, -0.05) is 24.3 Å². The maximum Gasteiger partial charge on any atom is 0.307 e. The second kappa shape index (κ2) is 5.64. The Morgan fingerprint density at radius 1 is 1.10 bits per heavy atom. The SMILES string of the molecule is O=C(O)[C@@H]1[C@H](C(=O)Nc2ccccc2Br)[C@H]2C=C[C@H]1CC2. The van der Waals surface area contributed by atoms with E-state index in [9.17, 15) is 14.7 Å². The van der Waals surface area contributed by atoms with Gasteiger partial charge >= 0.3 is 5.97 Å². The number of allylic oxidation sites excluding steroid dienone is 2. The van der Waals surface area contributed by atoms with Crippen LogP contribution in [0.15, 0.2) is 40.9 Å². The number of carboxylic acid groups (broad SMARTS) is 1. The first-order chi connectivity index (χ1) is 10.1. The monoisotopic (exact) mass is 349 g/mol. The number of fused-ring (bicyclic) bond motifs is 2. The van der Waals surface area contributed by atoms with E-state index in [0.717, 1.165) is 17.3 Å². The summed E-state index contributed by atoms with van der Waals surface area (Å²) < 4.78 is 0.793. The predicted molar refractivity (Wildman–Crippen MR) is 82.7 cm³/mol. The molecule has 4 atom stereocenters. The highest BCUT2D eigenvalue weighted by Crippen LogP contribution is 2.45. The zero-order chi connectivity index (χ0) is 15.0. The van der Waals surface area contributed by atoms with Crippen LogP contribution < -0.4 is 5.32 Å². The van der Waals surface area contributed by atoms with Gasteiger partial charge in [0, 0.05) is 4.47 Å². The van der Waals surface area contributed by atoms with Gasteiger partial charge < -0.3 is 10.4 Å². The fourth-order valence-electron chi connectivity index (χ4n) is 3.47. The third kappa shape index (κ3) is 2.62. The summed E-state index contributed by atoms with van der Waals surface area (Å²) in [4.78, 5) is 24.2. The summed E-state index contributed by atoms with van der Waals surface area (Å²) in [7, 11) is 0. The first kappa shape index (κ1) is 14.3. The number of para-hydroxylation sites is 1. The smallest absolute Gasteiger partial charge is 0.307 e. The zero-order valence-corrected chi connectivity index (χ0v) is 12.9. The molecule has 3 aliphatic carbocycles. The number of hydrogen-bond acceptors (Lipinski definition) is 2. The number of hydrogen-bond donors (Lipinski definition) is 2. The first-order valence-corrected chi connectivity index (χ1v) is 7.84. The average Bonchev–Trinajstić information content (AvgIpc) is 2.49. The van der Waals surface area contributed by atoms with E-state index in [2.05, 4.69) is 21.2 Å². The van der Waals surface area contributed by atoms with Gasteiger partial charge in [0.1, 0.15) is 0 Å². The third-order valence-corrected chi connectivity index (χ3v) is 5.16. The lowest BCUT2D eigenvalue weighted by Crippen LogP contribution is -2.47. The highest BCUT2D eigenvalue weighted by Gasteiger charge is 2.48. The molecule has 4 rings (SSSR count). The molecule has 3 aliphatic rings. The van der Waals surface area contributed by atoms with Crippen molar-refractivity contribution in [2.24, 2.45) is 23.7 Å². The number of carbonyl (C=O) groups is 2. The topological polar surface area (TPSA) is 66.4 Å². The molecule has 1 fully saturated rings. The van der Waals surface area contributed by atoms with Crippen molar-refractivity contribution in [2.75, 3.05) is 5.32 Å². The van der Waals surface area contributed by atoms with Gasteiger partial charge in [0.05, 0.1) is 17.5 Å². The van der Waals surface area contributed by atoms with Crippen LogP contribution in [0.1, 0.15) is 12.8 Å². The number of rotatable bonds is 3. The number of carboxylic acids is 1. The van der Waals surface area contributed by atoms with Crippen molar-refractivity contribution in [1.29, 1.82) is 0 Å². The lowest BCUT2D eigenvalue weighted by atomic mass is 9.62. The fourth-order valence-corrected chi connectivity index (χ4v) is 3.85. The summed E-state index contributed by atoms with van der Waals surface area (Å²) in [6, 6.07) is 7.35. The van der Waals surface area contributed by atoms with Crippen molar-refractivity contribution in [2.45, 2.75) is 12.8 Å². The van der Waals surface area contributed by atoms with Crippen LogP contribution in [0.3, 0.4) is 0 Å². The fraction of sp³-hybridized carbons (Fsp3) is 0.375. The van der Waals surface area contributed by atoms with Crippen molar-refractivity contribution in [3.8, 4) is 0 Å². The van der Waals surface area contributed by atoms with Gasteiger partial charge in [0.25, 0.3) is 0 Å². The molecule has 21 heavy (non-hydrogen) atoms. The van der Waals surface area contributed by atoms with Gasteiger partial charge in [-0.2, -0.15) is 0 Å². The Morgan fingerprint density at radius 2 is 1.71 bits per heavy atom. The molecule has 0 heterocycles. The molecule has 1 amide bonds. The van der Waals surface area contributed by atoms with E-state index in [1.165, 1.54) is 0 Å². The quantitative estimate of drug-likeness (QED) is 0.822. The molecule has 5 heteroatoms. The second-order valence-corrected chi connectivity index (χ2v) is 6.50. The molecular formula is C16H16BrNO3. The summed E-state index contributed by atoms with van der Waals surface area (Å²) >= 11 is 3.39.